The van der Waals surface area contributed by atoms with Crippen molar-refractivity contribution >= 4 is 28.2 Å². The molecular formula is C30H34N6O2. The summed E-state index contributed by atoms with van der Waals surface area (Å²) in [5, 5.41) is 7.79. The molecule has 0 saturated carbocycles. The van der Waals surface area contributed by atoms with Gasteiger partial charge in [-0.15, -0.1) is 0 Å². The molecule has 2 aliphatic heterocycles. The monoisotopic (exact) mass is 510 g/mol. The first kappa shape index (κ1) is 24.6. The summed E-state index contributed by atoms with van der Waals surface area (Å²) in [6, 6.07) is 23.0. The third kappa shape index (κ3) is 5.88. The Morgan fingerprint density at radius 3 is 2.47 bits per heavy atom. The second kappa shape index (κ2) is 11.8. The van der Waals surface area contributed by atoms with Gasteiger partial charge >= 0.3 is 0 Å². The van der Waals surface area contributed by atoms with Crippen LogP contribution in [0.3, 0.4) is 0 Å². The van der Waals surface area contributed by atoms with E-state index in [1.54, 1.807) is 0 Å². The number of ether oxygens (including phenoxy) is 2. The van der Waals surface area contributed by atoms with Crippen molar-refractivity contribution in [2.24, 2.45) is 0 Å². The Morgan fingerprint density at radius 2 is 1.68 bits per heavy atom. The van der Waals surface area contributed by atoms with E-state index in [0.29, 0.717) is 12.6 Å². The zero-order chi connectivity index (χ0) is 25.6. The lowest BCUT2D eigenvalue weighted by molar-refractivity contribution is 0.0322. The predicted octanol–water partition coefficient (Wildman–Crippen LogP) is 4.16. The van der Waals surface area contributed by atoms with E-state index < -0.39 is 0 Å². The molecule has 8 nitrogen and oxygen atoms in total. The Balaban J connectivity index is 1.14. The molecule has 0 unspecified atom stereocenters. The van der Waals surface area contributed by atoms with Crippen LogP contribution in [0.5, 0.6) is 5.75 Å². The molecule has 2 saturated heterocycles. The predicted molar refractivity (Wildman–Crippen MR) is 153 cm³/mol. The standard InChI is InChI=1S/C30H34N6O2/c1-2-24-22-32-30(33-25-6-8-26(9-7-25)36-14-12-31-13-15-36)34-29(24)28(3-1)23-4-10-27(11-5-23)38-21-18-35-16-19-37-20-17-35/h1-11,22,31H,12-21H2,(H,32,33,34). The molecule has 6 rings (SSSR count). The molecule has 1 aromatic heterocycles. The van der Waals surface area contributed by atoms with Gasteiger partial charge in [-0.25, -0.2) is 9.97 Å². The number of fused-ring (bicyclic) bond motifs is 1. The van der Waals surface area contributed by atoms with Gasteiger partial charge < -0.3 is 25.0 Å². The Hall–Kier alpha value is -3.72. The smallest absolute Gasteiger partial charge is 0.227 e. The summed E-state index contributed by atoms with van der Waals surface area (Å²) < 4.78 is 11.4. The van der Waals surface area contributed by atoms with Crippen LogP contribution in [0.4, 0.5) is 17.3 Å². The van der Waals surface area contributed by atoms with Gasteiger partial charge in [0.1, 0.15) is 12.4 Å². The minimum absolute atomic E-state index is 0.586. The molecule has 2 N–H and O–H groups in total. The van der Waals surface area contributed by atoms with Gasteiger partial charge in [0, 0.05) is 74.3 Å². The zero-order valence-corrected chi connectivity index (χ0v) is 21.6. The highest BCUT2D eigenvalue weighted by Gasteiger charge is 2.12. The van der Waals surface area contributed by atoms with E-state index in [1.165, 1.54) is 5.69 Å². The van der Waals surface area contributed by atoms with Crippen molar-refractivity contribution in [2.45, 2.75) is 0 Å². The molecule has 4 aromatic rings. The van der Waals surface area contributed by atoms with E-state index in [1.807, 2.05) is 24.4 Å². The Kier molecular flexibility index (Phi) is 7.62. The van der Waals surface area contributed by atoms with E-state index in [0.717, 1.165) is 92.5 Å². The number of nitrogens with one attached hydrogen (secondary N) is 2. The first-order valence-electron chi connectivity index (χ1n) is 13.4. The molecule has 2 fully saturated rings. The van der Waals surface area contributed by atoms with Gasteiger partial charge in [0.25, 0.3) is 0 Å². The lowest BCUT2D eigenvalue weighted by atomic mass is 10.0. The van der Waals surface area contributed by atoms with Gasteiger partial charge in [-0.3, -0.25) is 4.90 Å². The number of nitrogens with zero attached hydrogens (tertiary/aromatic N) is 4. The maximum atomic E-state index is 6.00. The molecule has 0 atom stereocenters. The first-order chi connectivity index (χ1) is 18.8. The van der Waals surface area contributed by atoms with E-state index in [9.17, 15) is 0 Å². The van der Waals surface area contributed by atoms with Crippen LogP contribution in [0.25, 0.3) is 22.0 Å². The van der Waals surface area contributed by atoms with Crippen molar-refractivity contribution in [3.63, 3.8) is 0 Å². The highest BCUT2D eigenvalue weighted by molar-refractivity contribution is 5.94. The lowest BCUT2D eigenvalue weighted by Crippen LogP contribution is -2.43. The summed E-state index contributed by atoms with van der Waals surface area (Å²) in [7, 11) is 0. The van der Waals surface area contributed by atoms with Crippen LogP contribution >= 0.6 is 0 Å². The van der Waals surface area contributed by atoms with Crippen molar-refractivity contribution < 1.29 is 9.47 Å². The van der Waals surface area contributed by atoms with Gasteiger partial charge in [0.05, 0.1) is 18.7 Å². The van der Waals surface area contributed by atoms with Crippen molar-refractivity contribution in [2.75, 3.05) is 75.9 Å². The van der Waals surface area contributed by atoms with Crippen LogP contribution in [0, 0.1) is 0 Å². The van der Waals surface area contributed by atoms with E-state index in [4.69, 9.17) is 14.5 Å². The zero-order valence-electron chi connectivity index (χ0n) is 21.6. The highest BCUT2D eigenvalue weighted by atomic mass is 16.5. The largest absolute Gasteiger partial charge is 0.492 e. The minimum Gasteiger partial charge on any atom is -0.492 e. The maximum absolute atomic E-state index is 6.00. The number of anilines is 3. The van der Waals surface area contributed by atoms with Crippen molar-refractivity contribution in [3.8, 4) is 16.9 Å². The fourth-order valence-electron chi connectivity index (χ4n) is 5.00. The third-order valence-corrected chi connectivity index (χ3v) is 7.16. The molecule has 0 bridgehead atoms. The molecule has 2 aliphatic rings. The number of morpholine rings is 1. The molecular weight excluding hydrogens is 476 g/mol. The molecule has 38 heavy (non-hydrogen) atoms. The van der Waals surface area contributed by atoms with Crippen LogP contribution in [0.15, 0.2) is 72.9 Å². The van der Waals surface area contributed by atoms with Crippen LogP contribution in [-0.4, -0.2) is 80.5 Å². The van der Waals surface area contributed by atoms with Crippen molar-refractivity contribution in [3.05, 3.63) is 72.9 Å². The number of para-hydroxylation sites is 1. The van der Waals surface area contributed by atoms with Crippen molar-refractivity contribution in [1.29, 1.82) is 0 Å². The minimum atomic E-state index is 0.586. The molecule has 0 aliphatic carbocycles. The van der Waals surface area contributed by atoms with Gasteiger partial charge in [-0.1, -0.05) is 30.3 Å². The molecule has 0 amide bonds. The molecule has 3 heterocycles. The summed E-state index contributed by atoms with van der Waals surface area (Å²) in [4.78, 5) is 14.2. The van der Waals surface area contributed by atoms with Gasteiger partial charge in [-0.05, 0) is 42.0 Å². The number of rotatable bonds is 8. The number of piperazine rings is 1. The quantitative estimate of drug-likeness (QED) is 0.366. The Labute approximate surface area is 223 Å². The third-order valence-electron chi connectivity index (χ3n) is 7.16. The lowest BCUT2D eigenvalue weighted by Gasteiger charge is -2.29. The Bertz CT molecular complexity index is 1330. The summed E-state index contributed by atoms with van der Waals surface area (Å²) in [6.45, 7) is 9.28. The topological polar surface area (TPSA) is 74.8 Å². The second-order valence-electron chi connectivity index (χ2n) is 9.67. The normalized spacial score (nSPS) is 16.5. The van der Waals surface area contributed by atoms with Gasteiger partial charge in [0.2, 0.25) is 5.95 Å². The fourth-order valence-corrected chi connectivity index (χ4v) is 5.00. The number of hydrogen-bond acceptors (Lipinski definition) is 8. The molecule has 0 radical (unpaired) electrons. The first-order valence-corrected chi connectivity index (χ1v) is 13.4. The fraction of sp³-hybridized carbons (Fsp3) is 0.333. The summed E-state index contributed by atoms with van der Waals surface area (Å²) in [5.74, 6) is 1.46. The average molecular weight is 511 g/mol. The summed E-state index contributed by atoms with van der Waals surface area (Å²) in [5.41, 5.74) is 5.30. The molecule has 8 heteroatoms. The van der Waals surface area contributed by atoms with E-state index >= 15 is 0 Å². The van der Waals surface area contributed by atoms with Gasteiger partial charge in [0.15, 0.2) is 0 Å². The second-order valence-corrected chi connectivity index (χ2v) is 9.67. The average Bonchev–Trinajstić information content (AvgIpc) is 2.99. The van der Waals surface area contributed by atoms with Crippen LogP contribution < -0.4 is 20.3 Å². The van der Waals surface area contributed by atoms with Crippen molar-refractivity contribution in [1.82, 2.24) is 20.2 Å². The SMILES string of the molecule is c1cc(-c2ccc(OCCN3CCOCC3)cc2)c2nc(Nc3ccc(N4CCNCC4)cc3)ncc2c1. The summed E-state index contributed by atoms with van der Waals surface area (Å²) in [6.07, 6.45) is 1.88. The molecule has 3 aromatic carbocycles. The van der Waals surface area contributed by atoms with Crippen LogP contribution in [0.2, 0.25) is 0 Å². The molecule has 0 spiro atoms. The van der Waals surface area contributed by atoms with Crippen LogP contribution in [-0.2, 0) is 4.74 Å². The highest BCUT2D eigenvalue weighted by Crippen LogP contribution is 2.30. The number of hydrogen-bond donors (Lipinski definition) is 2. The summed E-state index contributed by atoms with van der Waals surface area (Å²) >= 11 is 0. The van der Waals surface area contributed by atoms with Gasteiger partial charge in [-0.2, -0.15) is 0 Å². The molecule has 196 valence electrons. The maximum Gasteiger partial charge on any atom is 0.227 e. The number of aromatic nitrogens is 2. The van der Waals surface area contributed by atoms with Crippen LogP contribution in [0.1, 0.15) is 0 Å². The number of benzene rings is 3. The van der Waals surface area contributed by atoms with E-state index in [-0.39, 0.29) is 0 Å². The Morgan fingerprint density at radius 1 is 0.895 bits per heavy atom. The van der Waals surface area contributed by atoms with E-state index in [2.05, 4.69) is 73.9 Å².